The number of benzene rings is 2. The van der Waals surface area contributed by atoms with Crippen molar-refractivity contribution in [3.63, 3.8) is 0 Å². The summed E-state index contributed by atoms with van der Waals surface area (Å²) < 4.78 is 28.0. The lowest BCUT2D eigenvalue weighted by Crippen LogP contribution is -2.15. The summed E-state index contributed by atoms with van der Waals surface area (Å²) in [5.74, 6) is -1.46. The lowest BCUT2D eigenvalue weighted by molar-refractivity contribution is 0.0474. The lowest BCUT2D eigenvalue weighted by Gasteiger charge is -2.08. The maximum absolute atomic E-state index is 12.1. The number of esters is 1. The number of sulfone groups is 1. The van der Waals surface area contributed by atoms with Crippen LogP contribution >= 0.6 is 34.8 Å². The molecule has 2 aromatic rings. The summed E-state index contributed by atoms with van der Waals surface area (Å²) in [7, 11) is -3.52. The maximum Gasteiger partial charge on any atom is 0.340 e. The third-order valence-electron chi connectivity index (χ3n) is 3.15. The van der Waals surface area contributed by atoms with Gasteiger partial charge in [-0.15, -0.1) is 0 Å². The zero-order chi connectivity index (χ0) is 18.8. The van der Waals surface area contributed by atoms with Crippen molar-refractivity contribution in [2.45, 2.75) is 4.90 Å². The molecule has 132 valence electrons. The standard InChI is InChI=1S/C16H11Cl3O5S/c1-25(22,23)10-3-5-13(18)12(7-10)16(21)24-8-15(20)11-4-2-9(17)6-14(11)19/h2-7H,8H2,1H3. The first-order valence-corrected chi connectivity index (χ1v) is 9.77. The van der Waals surface area contributed by atoms with Gasteiger partial charge in [0.25, 0.3) is 0 Å². The van der Waals surface area contributed by atoms with Gasteiger partial charge < -0.3 is 4.74 Å². The van der Waals surface area contributed by atoms with Crippen LogP contribution in [-0.4, -0.2) is 33.0 Å². The number of rotatable bonds is 5. The molecule has 0 aliphatic carbocycles. The Kier molecular flexibility index (Phi) is 6.11. The van der Waals surface area contributed by atoms with Gasteiger partial charge in [0, 0.05) is 16.8 Å². The molecule has 0 amide bonds. The number of carbonyl (C=O) groups is 2. The number of ether oxygens (including phenoxy) is 1. The largest absolute Gasteiger partial charge is 0.454 e. The fourth-order valence-electron chi connectivity index (χ4n) is 1.89. The average molecular weight is 422 g/mol. The van der Waals surface area contributed by atoms with Crippen molar-refractivity contribution in [3.05, 3.63) is 62.6 Å². The minimum atomic E-state index is -3.52. The van der Waals surface area contributed by atoms with Crippen LogP contribution in [0, 0.1) is 0 Å². The number of ketones is 1. The first-order valence-electron chi connectivity index (χ1n) is 6.74. The van der Waals surface area contributed by atoms with Crippen LogP contribution in [0.3, 0.4) is 0 Å². The molecule has 0 aromatic heterocycles. The van der Waals surface area contributed by atoms with E-state index in [0.29, 0.717) is 5.02 Å². The van der Waals surface area contributed by atoms with E-state index in [-0.39, 0.29) is 26.1 Å². The van der Waals surface area contributed by atoms with Crippen LogP contribution in [0.1, 0.15) is 20.7 Å². The molecule has 0 fully saturated rings. The summed E-state index contributed by atoms with van der Waals surface area (Å²) in [4.78, 5) is 24.1. The van der Waals surface area contributed by atoms with Gasteiger partial charge in [0.05, 0.1) is 20.5 Å². The van der Waals surface area contributed by atoms with E-state index in [9.17, 15) is 18.0 Å². The molecule has 25 heavy (non-hydrogen) atoms. The Bertz CT molecular complexity index is 954. The lowest BCUT2D eigenvalue weighted by atomic mass is 10.1. The molecule has 2 aromatic carbocycles. The Hall–Kier alpha value is -1.60. The predicted molar refractivity (Wildman–Crippen MR) is 95.6 cm³/mol. The zero-order valence-electron chi connectivity index (χ0n) is 12.8. The zero-order valence-corrected chi connectivity index (χ0v) is 15.8. The van der Waals surface area contributed by atoms with Gasteiger partial charge in [-0.2, -0.15) is 0 Å². The Morgan fingerprint density at radius 1 is 0.960 bits per heavy atom. The van der Waals surface area contributed by atoms with Crippen molar-refractivity contribution in [2.24, 2.45) is 0 Å². The fourth-order valence-corrected chi connectivity index (χ4v) is 3.25. The smallest absolute Gasteiger partial charge is 0.340 e. The minimum Gasteiger partial charge on any atom is -0.454 e. The highest BCUT2D eigenvalue weighted by Crippen LogP contribution is 2.23. The number of hydrogen-bond donors (Lipinski definition) is 0. The van der Waals surface area contributed by atoms with Crippen molar-refractivity contribution >= 4 is 56.4 Å². The van der Waals surface area contributed by atoms with Gasteiger partial charge in [-0.3, -0.25) is 4.79 Å². The first-order chi connectivity index (χ1) is 11.6. The molecule has 0 spiro atoms. The normalized spacial score (nSPS) is 11.2. The second-order valence-electron chi connectivity index (χ2n) is 5.04. The molecule has 5 nitrogen and oxygen atoms in total. The molecule has 0 saturated carbocycles. The van der Waals surface area contributed by atoms with Crippen molar-refractivity contribution in [3.8, 4) is 0 Å². The van der Waals surface area contributed by atoms with E-state index in [1.165, 1.54) is 30.3 Å². The Labute approximate surface area is 159 Å². The molecule has 9 heteroatoms. The van der Waals surface area contributed by atoms with Gasteiger partial charge >= 0.3 is 5.97 Å². The molecular formula is C16H11Cl3O5S. The number of halogens is 3. The van der Waals surface area contributed by atoms with Gasteiger partial charge in [-0.05, 0) is 36.4 Å². The van der Waals surface area contributed by atoms with Crippen LogP contribution in [0.25, 0.3) is 0 Å². The highest BCUT2D eigenvalue weighted by molar-refractivity contribution is 7.90. The highest BCUT2D eigenvalue weighted by atomic mass is 35.5. The van der Waals surface area contributed by atoms with Gasteiger partial charge in [-0.1, -0.05) is 34.8 Å². The third kappa shape index (κ3) is 4.95. The van der Waals surface area contributed by atoms with E-state index < -0.39 is 28.2 Å². The van der Waals surface area contributed by atoms with Gasteiger partial charge in [0.2, 0.25) is 5.78 Å². The monoisotopic (exact) mass is 420 g/mol. The van der Waals surface area contributed by atoms with E-state index in [1.54, 1.807) is 0 Å². The molecule has 0 N–H and O–H groups in total. The summed E-state index contributed by atoms with van der Waals surface area (Å²) in [6, 6.07) is 7.93. The molecular weight excluding hydrogens is 411 g/mol. The second kappa shape index (κ2) is 7.74. The van der Waals surface area contributed by atoms with Crippen LogP contribution in [-0.2, 0) is 14.6 Å². The van der Waals surface area contributed by atoms with E-state index in [2.05, 4.69) is 0 Å². The molecule has 0 heterocycles. The molecule has 0 radical (unpaired) electrons. The van der Waals surface area contributed by atoms with E-state index in [0.717, 1.165) is 12.3 Å². The predicted octanol–water partition coefficient (Wildman–Crippen LogP) is 4.09. The molecule has 0 atom stereocenters. The summed E-state index contributed by atoms with van der Waals surface area (Å²) >= 11 is 17.6. The number of Topliss-reactive ketones (excluding diaryl/α,β-unsaturated/α-hetero) is 1. The molecule has 0 aliphatic heterocycles. The fraction of sp³-hybridized carbons (Fsp3) is 0.125. The SMILES string of the molecule is CS(=O)(=O)c1ccc(Cl)c(C(=O)OCC(=O)c2ccc(Cl)cc2Cl)c1. The van der Waals surface area contributed by atoms with Crippen molar-refractivity contribution < 1.29 is 22.7 Å². The average Bonchev–Trinajstić information content (AvgIpc) is 2.51. The van der Waals surface area contributed by atoms with Crippen LogP contribution in [0.4, 0.5) is 0 Å². The maximum atomic E-state index is 12.1. The van der Waals surface area contributed by atoms with E-state index >= 15 is 0 Å². The van der Waals surface area contributed by atoms with Gasteiger partial charge in [0.1, 0.15) is 0 Å². The Morgan fingerprint density at radius 3 is 2.24 bits per heavy atom. The first kappa shape index (κ1) is 19.7. The number of carbonyl (C=O) groups excluding carboxylic acids is 2. The number of hydrogen-bond acceptors (Lipinski definition) is 5. The molecule has 0 unspecified atom stereocenters. The molecule has 0 bridgehead atoms. The summed E-state index contributed by atoms with van der Waals surface area (Å²) in [5, 5.41) is 0.503. The van der Waals surface area contributed by atoms with Gasteiger partial charge in [-0.25, -0.2) is 13.2 Å². The van der Waals surface area contributed by atoms with Crippen molar-refractivity contribution in [1.29, 1.82) is 0 Å². The minimum absolute atomic E-state index is 0.00868. The van der Waals surface area contributed by atoms with Crippen molar-refractivity contribution in [2.75, 3.05) is 12.9 Å². The molecule has 0 aliphatic rings. The summed E-state index contributed by atoms with van der Waals surface area (Å²) in [6.45, 7) is -0.584. The van der Waals surface area contributed by atoms with Crippen LogP contribution in [0.5, 0.6) is 0 Å². The van der Waals surface area contributed by atoms with E-state index in [1.807, 2.05) is 0 Å². The van der Waals surface area contributed by atoms with Crippen LogP contribution in [0.15, 0.2) is 41.3 Å². The Morgan fingerprint density at radius 2 is 1.64 bits per heavy atom. The van der Waals surface area contributed by atoms with Crippen molar-refractivity contribution in [1.82, 2.24) is 0 Å². The topological polar surface area (TPSA) is 77.5 Å². The van der Waals surface area contributed by atoms with E-state index in [4.69, 9.17) is 39.5 Å². The van der Waals surface area contributed by atoms with Crippen LogP contribution < -0.4 is 0 Å². The highest BCUT2D eigenvalue weighted by Gasteiger charge is 2.19. The Balaban J connectivity index is 2.16. The molecule has 0 saturated heterocycles. The second-order valence-corrected chi connectivity index (χ2v) is 8.30. The molecule has 2 rings (SSSR count). The third-order valence-corrected chi connectivity index (χ3v) is 5.14. The summed E-state index contributed by atoms with van der Waals surface area (Å²) in [6.07, 6.45) is 0.997. The summed E-state index contributed by atoms with van der Waals surface area (Å²) in [5.41, 5.74) is -0.00514. The van der Waals surface area contributed by atoms with Crippen LogP contribution in [0.2, 0.25) is 15.1 Å². The van der Waals surface area contributed by atoms with Gasteiger partial charge in [0.15, 0.2) is 16.4 Å². The quantitative estimate of drug-likeness (QED) is 0.537.